The van der Waals surface area contributed by atoms with Crippen molar-refractivity contribution in [1.29, 1.82) is 0 Å². The summed E-state index contributed by atoms with van der Waals surface area (Å²) in [4.78, 5) is 1.99. The van der Waals surface area contributed by atoms with Crippen molar-refractivity contribution in [3.8, 4) is 22.3 Å². The second-order valence-electron chi connectivity index (χ2n) is 14.6. The molecule has 0 aromatic heterocycles. The lowest BCUT2D eigenvalue weighted by Crippen LogP contribution is -2.55. The molecule has 0 saturated heterocycles. The fourth-order valence-corrected chi connectivity index (χ4v) is 10.9. The molecule has 1 spiro atoms. The normalized spacial score (nSPS) is 29.2. The van der Waals surface area contributed by atoms with Crippen LogP contribution >= 0.6 is 0 Å². The smallest absolute Gasteiger partial charge is 0.0645 e. The highest BCUT2D eigenvalue weighted by molar-refractivity contribution is 5.95. The Balaban J connectivity index is 1.27. The lowest BCUT2D eigenvalue weighted by atomic mass is 9.43. The number of para-hydroxylation sites is 1. The number of hydrogen-bond donors (Lipinski definition) is 0. The summed E-state index contributed by atoms with van der Waals surface area (Å²) in [6, 6.07) is 29.2. The van der Waals surface area contributed by atoms with Gasteiger partial charge in [-0.1, -0.05) is 98.7 Å². The fourth-order valence-electron chi connectivity index (χ4n) is 10.9. The summed E-state index contributed by atoms with van der Waals surface area (Å²) in [7, 11) is 0. The predicted molar refractivity (Wildman–Crippen MR) is 182 cm³/mol. The third-order valence-electron chi connectivity index (χ3n) is 12.3. The summed E-state index contributed by atoms with van der Waals surface area (Å²) >= 11 is 0. The number of nitrogens with zero attached hydrogens (tertiary/aromatic N) is 1. The van der Waals surface area contributed by atoms with Gasteiger partial charge in [0.25, 0.3) is 0 Å². The van der Waals surface area contributed by atoms with E-state index in [9.17, 15) is 2.74 Å². The van der Waals surface area contributed by atoms with Gasteiger partial charge in [-0.15, -0.1) is 0 Å². The van der Waals surface area contributed by atoms with Crippen LogP contribution in [0.4, 0.5) is 17.1 Å². The van der Waals surface area contributed by atoms with E-state index in [4.69, 9.17) is 4.11 Å². The summed E-state index contributed by atoms with van der Waals surface area (Å²) in [5, 5.41) is 0. The first kappa shape index (κ1) is 20.8. The van der Waals surface area contributed by atoms with Gasteiger partial charge in [-0.3, -0.25) is 0 Å². The minimum atomic E-state index is -0.375. The molecule has 5 aromatic carbocycles. The lowest BCUT2D eigenvalue weighted by molar-refractivity contribution is -0.0399. The first-order valence-corrected chi connectivity index (χ1v) is 16.5. The molecule has 11 rings (SSSR count). The summed E-state index contributed by atoms with van der Waals surface area (Å²) in [5.41, 5.74) is 11.6. The first-order chi connectivity index (χ1) is 23.6. The maximum absolute atomic E-state index is 9.25. The molecule has 0 N–H and O–H groups in total. The van der Waals surface area contributed by atoms with Crippen LogP contribution in [-0.2, 0) is 10.8 Å². The Kier molecular flexibility index (Phi) is 4.13. The van der Waals surface area contributed by atoms with Crippen molar-refractivity contribution in [1.82, 2.24) is 0 Å². The van der Waals surface area contributed by atoms with Crippen molar-refractivity contribution in [3.63, 3.8) is 0 Å². The molecule has 0 radical (unpaired) electrons. The SMILES string of the molecule is [2H]c1c([2H])c([2H])c(N(c2ccc3c(c2)C2(c4ccccc4-3)C3CC4CC(C3)CC2C4)c2cccc3c2-c2ccccc2C3(C)C)c([2H])c1[2H]. The van der Waals surface area contributed by atoms with Crippen LogP contribution in [0.5, 0.6) is 0 Å². The van der Waals surface area contributed by atoms with E-state index in [1.807, 2.05) is 4.90 Å². The molecule has 0 atom stereocenters. The Morgan fingerprint density at radius 3 is 1.98 bits per heavy atom. The van der Waals surface area contributed by atoms with E-state index in [1.165, 1.54) is 65.5 Å². The van der Waals surface area contributed by atoms with Gasteiger partial charge in [-0.2, -0.15) is 0 Å². The molecular weight excluding hydrogens is 530 g/mol. The monoisotopic (exact) mass is 574 g/mol. The van der Waals surface area contributed by atoms with E-state index in [1.54, 1.807) is 0 Å². The van der Waals surface area contributed by atoms with E-state index in [2.05, 4.69) is 98.8 Å². The van der Waals surface area contributed by atoms with Crippen molar-refractivity contribution in [2.24, 2.45) is 23.7 Å². The Hall–Kier alpha value is -4.10. The van der Waals surface area contributed by atoms with Crippen LogP contribution in [0.1, 0.15) is 75.1 Å². The van der Waals surface area contributed by atoms with Gasteiger partial charge >= 0.3 is 0 Å². The third-order valence-corrected chi connectivity index (χ3v) is 12.3. The molecule has 4 fully saturated rings. The number of hydrogen-bond acceptors (Lipinski definition) is 1. The predicted octanol–water partition coefficient (Wildman–Crippen LogP) is 11.2. The Labute approximate surface area is 268 Å². The zero-order valence-electron chi connectivity index (χ0n) is 30.4. The van der Waals surface area contributed by atoms with Crippen LogP contribution in [0.25, 0.3) is 22.3 Å². The number of anilines is 3. The van der Waals surface area contributed by atoms with E-state index in [-0.39, 0.29) is 46.7 Å². The molecule has 0 amide bonds. The highest BCUT2D eigenvalue weighted by Gasteiger charge is 2.61. The van der Waals surface area contributed by atoms with Crippen LogP contribution in [0.15, 0.2) is 115 Å². The van der Waals surface area contributed by atoms with Crippen LogP contribution < -0.4 is 4.90 Å². The number of rotatable bonds is 3. The zero-order valence-corrected chi connectivity index (χ0v) is 25.4. The van der Waals surface area contributed by atoms with Crippen LogP contribution in [-0.4, -0.2) is 0 Å². The average molecular weight is 575 g/mol. The first-order valence-electron chi connectivity index (χ1n) is 19.0. The minimum absolute atomic E-state index is 0.0615. The van der Waals surface area contributed by atoms with Crippen molar-refractivity contribution in [3.05, 3.63) is 137 Å². The highest BCUT2D eigenvalue weighted by Crippen LogP contribution is 2.69. The number of benzene rings is 5. The summed E-state index contributed by atoms with van der Waals surface area (Å²) in [5.74, 6) is 2.82. The zero-order chi connectivity index (χ0) is 33.6. The largest absolute Gasteiger partial charge is 0.310 e. The summed E-state index contributed by atoms with van der Waals surface area (Å²) in [6.45, 7) is 4.50. The lowest BCUT2D eigenvalue weighted by Gasteiger charge is -2.61. The van der Waals surface area contributed by atoms with Gasteiger partial charge < -0.3 is 4.90 Å². The molecule has 4 bridgehead atoms. The maximum Gasteiger partial charge on any atom is 0.0645 e. The van der Waals surface area contributed by atoms with Crippen LogP contribution in [0.2, 0.25) is 0 Å². The standard InChI is InChI=1S/C43H39N/c1-42(2)36-15-8-7-14-35(36)41-38(42)17-10-18-40(41)44(31-11-4-3-5-12-31)32-19-20-34-33-13-6-9-16-37(33)43(39(34)26-32)29-22-27-21-28(24-29)25-30(43)23-27/h3-20,26-30H,21-25H2,1-2H3/i3D,4D,5D,11D,12D. The van der Waals surface area contributed by atoms with Gasteiger partial charge in [0.15, 0.2) is 0 Å². The molecule has 1 heteroatoms. The molecule has 5 aromatic rings. The van der Waals surface area contributed by atoms with Gasteiger partial charge in [-0.05, 0) is 125 Å². The average Bonchev–Trinajstić information content (AvgIpc) is 3.53. The van der Waals surface area contributed by atoms with Crippen molar-refractivity contribution < 1.29 is 6.85 Å². The Bertz CT molecular complexity index is 2190. The van der Waals surface area contributed by atoms with Gasteiger partial charge in [-0.25, -0.2) is 0 Å². The van der Waals surface area contributed by atoms with Crippen molar-refractivity contribution in [2.45, 2.75) is 56.8 Å². The van der Waals surface area contributed by atoms with E-state index >= 15 is 0 Å². The van der Waals surface area contributed by atoms with E-state index in [0.29, 0.717) is 11.8 Å². The molecule has 1 nitrogen and oxygen atoms in total. The molecule has 4 saturated carbocycles. The van der Waals surface area contributed by atoms with Gasteiger partial charge in [0.1, 0.15) is 0 Å². The fraction of sp³-hybridized carbons (Fsp3) is 0.302. The van der Waals surface area contributed by atoms with Crippen molar-refractivity contribution in [2.75, 3.05) is 4.90 Å². The molecule has 0 unspecified atom stereocenters. The molecule has 216 valence electrons. The summed E-state index contributed by atoms with van der Waals surface area (Å²) in [6.07, 6.45) is 6.48. The van der Waals surface area contributed by atoms with E-state index < -0.39 is 0 Å². The molecule has 44 heavy (non-hydrogen) atoms. The van der Waals surface area contributed by atoms with Crippen LogP contribution in [0, 0.1) is 23.7 Å². The number of fused-ring (bicyclic) bond motifs is 6. The van der Waals surface area contributed by atoms with Gasteiger partial charge in [0.2, 0.25) is 0 Å². The maximum atomic E-state index is 9.25. The molecule has 0 heterocycles. The third kappa shape index (κ3) is 3.11. The molecule has 6 aliphatic carbocycles. The molecular formula is C43H39N. The van der Waals surface area contributed by atoms with Gasteiger partial charge in [0, 0.05) is 27.8 Å². The quantitative estimate of drug-likeness (QED) is 0.207. The molecule has 6 aliphatic rings. The second-order valence-corrected chi connectivity index (χ2v) is 14.6. The highest BCUT2D eigenvalue weighted by atomic mass is 15.1. The Morgan fingerprint density at radius 2 is 1.23 bits per heavy atom. The minimum Gasteiger partial charge on any atom is -0.310 e. The van der Waals surface area contributed by atoms with E-state index in [0.717, 1.165) is 34.3 Å². The van der Waals surface area contributed by atoms with Gasteiger partial charge in [0.05, 0.1) is 12.5 Å². The topological polar surface area (TPSA) is 3.24 Å². The van der Waals surface area contributed by atoms with Crippen molar-refractivity contribution >= 4 is 17.1 Å². The second kappa shape index (κ2) is 8.75. The van der Waals surface area contributed by atoms with Crippen LogP contribution in [0.3, 0.4) is 0 Å². The Morgan fingerprint density at radius 1 is 0.591 bits per heavy atom. The molecule has 0 aliphatic heterocycles. The summed E-state index contributed by atoms with van der Waals surface area (Å²) < 4.78 is 44.4.